The van der Waals surface area contributed by atoms with E-state index >= 15 is 0 Å². The highest BCUT2D eigenvalue weighted by Crippen LogP contribution is 2.21. The molecule has 0 aliphatic rings. The molecule has 0 amide bonds. The lowest BCUT2D eigenvalue weighted by atomic mass is 10.1. The Kier molecular flexibility index (Phi) is 3.94. The minimum atomic E-state index is 0.155. The van der Waals surface area contributed by atoms with E-state index in [1.807, 2.05) is 44.2 Å². The van der Waals surface area contributed by atoms with Gasteiger partial charge in [-0.25, -0.2) is 0 Å². The van der Waals surface area contributed by atoms with Gasteiger partial charge in [-0.2, -0.15) is 5.26 Å². The smallest absolute Gasteiger partial charge is 0.182 e. The lowest BCUT2D eigenvalue weighted by molar-refractivity contribution is 0.242. The Bertz CT molecular complexity index is 570. The number of anilines is 1. The lowest BCUT2D eigenvalue weighted by Crippen LogP contribution is -2.05. The molecule has 96 valence electrons. The average Bonchev–Trinajstić information content (AvgIpc) is 2.40. The van der Waals surface area contributed by atoms with E-state index in [1.165, 1.54) is 0 Å². The van der Waals surface area contributed by atoms with Crippen LogP contribution in [-0.2, 0) is 0 Å². The Morgan fingerprint density at radius 2 is 1.84 bits per heavy atom. The van der Waals surface area contributed by atoms with Gasteiger partial charge in [0.05, 0.1) is 11.8 Å². The number of rotatable bonds is 4. The van der Waals surface area contributed by atoms with Crippen LogP contribution in [0.3, 0.4) is 0 Å². The van der Waals surface area contributed by atoms with E-state index in [9.17, 15) is 0 Å². The van der Waals surface area contributed by atoms with Crippen molar-refractivity contribution in [1.29, 1.82) is 5.26 Å². The maximum absolute atomic E-state index is 8.47. The van der Waals surface area contributed by atoms with E-state index < -0.39 is 0 Å². The Morgan fingerprint density at radius 1 is 1.11 bits per heavy atom. The fraction of sp³-hybridized carbons (Fsp3) is 0.214. The quantitative estimate of drug-likeness (QED) is 0.671. The fourth-order valence-electron chi connectivity index (χ4n) is 1.59. The van der Waals surface area contributed by atoms with Gasteiger partial charge in [0.15, 0.2) is 12.0 Å². The van der Waals surface area contributed by atoms with Crippen LogP contribution < -0.4 is 10.1 Å². The first-order valence-electron chi connectivity index (χ1n) is 5.95. The van der Waals surface area contributed by atoms with E-state index in [0.717, 1.165) is 17.0 Å². The predicted molar refractivity (Wildman–Crippen MR) is 72.5 cm³/mol. The molecular weight excluding hydrogens is 240 g/mol. The van der Waals surface area contributed by atoms with Gasteiger partial charge in [0.2, 0.25) is 0 Å². The summed E-state index contributed by atoms with van der Waals surface area (Å²) in [6.45, 7) is 3.97. The van der Waals surface area contributed by atoms with Crippen molar-refractivity contribution in [2.75, 3.05) is 5.32 Å². The van der Waals surface area contributed by atoms with Gasteiger partial charge in [0, 0.05) is 5.56 Å². The number of nitriles is 1. The molecule has 0 fully saturated rings. The van der Waals surface area contributed by atoms with Crippen molar-refractivity contribution in [2.24, 2.45) is 0 Å². The number of ether oxygens (including phenoxy) is 1. The van der Waals surface area contributed by atoms with Crippen molar-refractivity contribution in [2.45, 2.75) is 20.0 Å². The minimum Gasteiger partial charge on any atom is -0.491 e. The molecule has 2 aromatic rings. The van der Waals surface area contributed by atoms with Crippen LogP contribution in [0.25, 0.3) is 11.3 Å². The van der Waals surface area contributed by atoms with Crippen LogP contribution in [0.15, 0.2) is 36.4 Å². The first-order chi connectivity index (χ1) is 9.19. The Labute approximate surface area is 111 Å². The summed E-state index contributed by atoms with van der Waals surface area (Å²) in [6, 6.07) is 11.2. The normalized spacial score (nSPS) is 10.0. The summed E-state index contributed by atoms with van der Waals surface area (Å²) in [5.41, 5.74) is 1.70. The Hall–Kier alpha value is -2.61. The minimum absolute atomic E-state index is 0.155. The highest BCUT2D eigenvalue weighted by atomic mass is 16.5. The van der Waals surface area contributed by atoms with Gasteiger partial charge in [-0.1, -0.05) is 0 Å². The maximum atomic E-state index is 8.47. The Morgan fingerprint density at radius 3 is 2.37 bits per heavy atom. The third-order valence-corrected chi connectivity index (χ3v) is 2.37. The lowest BCUT2D eigenvalue weighted by Gasteiger charge is -2.09. The van der Waals surface area contributed by atoms with E-state index in [1.54, 1.807) is 12.3 Å². The molecule has 19 heavy (non-hydrogen) atoms. The number of aromatic nitrogens is 2. The summed E-state index contributed by atoms with van der Waals surface area (Å²) < 4.78 is 5.57. The number of benzene rings is 1. The summed E-state index contributed by atoms with van der Waals surface area (Å²) in [5, 5.41) is 18.8. The van der Waals surface area contributed by atoms with Crippen molar-refractivity contribution in [3.63, 3.8) is 0 Å². The molecule has 1 N–H and O–H groups in total. The van der Waals surface area contributed by atoms with Crippen LogP contribution >= 0.6 is 0 Å². The molecule has 0 radical (unpaired) electrons. The van der Waals surface area contributed by atoms with Gasteiger partial charge in [-0.05, 0) is 50.2 Å². The first-order valence-corrected chi connectivity index (χ1v) is 5.95. The average molecular weight is 254 g/mol. The van der Waals surface area contributed by atoms with Gasteiger partial charge >= 0.3 is 0 Å². The molecule has 0 aliphatic heterocycles. The predicted octanol–water partition coefficient (Wildman–Crippen LogP) is 2.82. The molecule has 0 saturated carbocycles. The van der Waals surface area contributed by atoms with Crippen molar-refractivity contribution >= 4 is 5.82 Å². The Balaban J connectivity index is 2.15. The van der Waals surface area contributed by atoms with Gasteiger partial charge in [0.25, 0.3) is 0 Å². The second-order valence-corrected chi connectivity index (χ2v) is 4.23. The topological polar surface area (TPSA) is 70.8 Å². The number of nitrogens with zero attached hydrogens (tertiary/aromatic N) is 3. The van der Waals surface area contributed by atoms with Gasteiger partial charge in [0.1, 0.15) is 5.75 Å². The molecule has 1 aromatic carbocycles. The molecule has 0 unspecified atom stereocenters. The van der Waals surface area contributed by atoms with Crippen molar-refractivity contribution < 1.29 is 4.74 Å². The summed E-state index contributed by atoms with van der Waals surface area (Å²) in [7, 11) is 0. The van der Waals surface area contributed by atoms with E-state index in [4.69, 9.17) is 10.00 Å². The number of hydrogen-bond acceptors (Lipinski definition) is 5. The van der Waals surface area contributed by atoms with Crippen LogP contribution in [0.1, 0.15) is 13.8 Å². The molecule has 0 spiro atoms. The molecule has 1 heterocycles. The molecule has 0 aliphatic carbocycles. The molecular formula is C14H14N4O. The SMILES string of the molecule is CC(C)Oc1ccc(-c2ccc(NC#N)nn2)cc1. The summed E-state index contributed by atoms with van der Waals surface area (Å²) >= 11 is 0. The fourth-order valence-corrected chi connectivity index (χ4v) is 1.59. The molecule has 0 atom stereocenters. The molecule has 2 rings (SSSR count). The maximum Gasteiger partial charge on any atom is 0.182 e. The molecule has 0 saturated heterocycles. The summed E-state index contributed by atoms with van der Waals surface area (Å²) in [6.07, 6.45) is 1.95. The van der Waals surface area contributed by atoms with E-state index in [0.29, 0.717) is 5.82 Å². The first kappa shape index (κ1) is 12.8. The molecule has 5 nitrogen and oxygen atoms in total. The van der Waals surface area contributed by atoms with Gasteiger partial charge in [-0.3, -0.25) is 5.32 Å². The zero-order valence-electron chi connectivity index (χ0n) is 10.8. The largest absolute Gasteiger partial charge is 0.491 e. The highest BCUT2D eigenvalue weighted by molar-refractivity contribution is 5.60. The van der Waals surface area contributed by atoms with Crippen molar-refractivity contribution in [3.8, 4) is 23.2 Å². The summed E-state index contributed by atoms with van der Waals surface area (Å²) in [4.78, 5) is 0. The summed E-state index contributed by atoms with van der Waals surface area (Å²) in [5.74, 6) is 1.26. The third-order valence-electron chi connectivity index (χ3n) is 2.37. The second kappa shape index (κ2) is 5.83. The van der Waals surface area contributed by atoms with Gasteiger partial charge < -0.3 is 4.74 Å². The second-order valence-electron chi connectivity index (χ2n) is 4.23. The van der Waals surface area contributed by atoms with Crippen molar-refractivity contribution in [3.05, 3.63) is 36.4 Å². The van der Waals surface area contributed by atoms with Crippen molar-refractivity contribution in [1.82, 2.24) is 10.2 Å². The van der Waals surface area contributed by atoms with E-state index in [-0.39, 0.29) is 6.10 Å². The molecule has 0 bridgehead atoms. The van der Waals surface area contributed by atoms with Crippen LogP contribution in [0.5, 0.6) is 5.75 Å². The number of hydrogen-bond donors (Lipinski definition) is 1. The zero-order valence-corrected chi connectivity index (χ0v) is 10.8. The zero-order chi connectivity index (χ0) is 13.7. The molecule has 5 heteroatoms. The highest BCUT2D eigenvalue weighted by Gasteiger charge is 2.02. The van der Waals surface area contributed by atoms with Crippen LogP contribution in [-0.4, -0.2) is 16.3 Å². The van der Waals surface area contributed by atoms with Crippen LogP contribution in [0.2, 0.25) is 0 Å². The van der Waals surface area contributed by atoms with E-state index in [2.05, 4.69) is 15.5 Å². The van der Waals surface area contributed by atoms with Crippen LogP contribution in [0, 0.1) is 11.5 Å². The third kappa shape index (κ3) is 3.42. The standard InChI is InChI=1S/C14H14N4O/c1-10(2)19-12-5-3-11(4-6-12)13-7-8-14(16-9-15)18-17-13/h3-8,10H,1-2H3,(H,16,18). The van der Waals surface area contributed by atoms with Crippen LogP contribution in [0.4, 0.5) is 5.82 Å². The molecule has 1 aromatic heterocycles. The monoisotopic (exact) mass is 254 g/mol. The van der Waals surface area contributed by atoms with Gasteiger partial charge in [-0.15, -0.1) is 10.2 Å². The number of nitrogens with one attached hydrogen (secondary N) is 1.